The maximum absolute atomic E-state index is 12.3. The van der Waals surface area contributed by atoms with Gasteiger partial charge < -0.3 is 21.1 Å². The molecule has 4 N–H and O–H groups in total. The second-order valence-corrected chi connectivity index (χ2v) is 6.56. The lowest BCUT2D eigenvalue weighted by Gasteiger charge is -2.26. The minimum Gasteiger partial charge on any atom is -0.381 e. The summed E-state index contributed by atoms with van der Waals surface area (Å²) in [5.41, 5.74) is 7.95. The topological polar surface area (TPSA) is 106 Å². The van der Waals surface area contributed by atoms with Gasteiger partial charge >= 0.3 is 0 Å². The van der Waals surface area contributed by atoms with Gasteiger partial charge in [-0.1, -0.05) is 18.2 Å². The van der Waals surface area contributed by atoms with Crippen LogP contribution in [-0.2, 0) is 16.1 Å². The molecule has 142 valence electrons. The average Bonchev–Trinajstić information content (AvgIpc) is 2.73. The van der Waals surface area contributed by atoms with Crippen molar-refractivity contribution in [3.8, 4) is 0 Å². The van der Waals surface area contributed by atoms with E-state index in [0.717, 1.165) is 18.4 Å². The van der Waals surface area contributed by atoms with Gasteiger partial charge in [0, 0.05) is 31.6 Å². The smallest absolute Gasteiger partial charge is 0.274 e. The summed E-state index contributed by atoms with van der Waals surface area (Å²) in [4.78, 5) is 28.5. The fraction of sp³-hybridized carbons (Fsp3) is 0.350. The number of nitrogens with zero attached hydrogens (tertiary/aromatic N) is 1. The van der Waals surface area contributed by atoms with Crippen LogP contribution in [0.15, 0.2) is 48.7 Å². The van der Waals surface area contributed by atoms with Crippen LogP contribution in [0.5, 0.6) is 0 Å². The van der Waals surface area contributed by atoms with E-state index in [-0.39, 0.29) is 17.7 Å². The number of aromatic nitrogens is 1. The molecule has 0 aliphatic carbocycles. The zero-order valence-electron chi connectivity index (χ0n) is 15.1. The van der Waals surface area contributed by atoms with Gasteiger partial charge in [-0.25, -0.2) is 0 Å². The van der Waals surface area contributed by atoms with Crippen LogP contribution in [0.3, 0.4) is 0 Å². The third kappa shape index (κ3) is 5.35. The second kappa shape index (κ2) is 9.25. The molecule has 1 aliphatic heterocycles. The van der Waals surface area contributed by atoms with Crippen molar-refractivity contribution in [1.29, 1.82) is 0 Å². The number of rotatable bonds is 6. The molecule has 0 spiro atoms. The van der Waals surface area contributed by atoms with Gasteiger partial charge in [0.1, 0.15) is 5.69 Å². The van der Waals surface area contributed by atoms with Gasteiger partial charge in [-0.05, 0) is 48.6 Å². The van der Waals surface area contributed by atoms with Crippen molar-refractivity contribution >= 4 is 17.5 Å². The Labute approximate surface area is 158 Å². The predicted octanol–water partition coefficient (Wildman–Crippen LogP) is 1.70. The summed E-state index contributed by atoms with van der Waals surface area (Å²) >= 11 is 0. The van der Waals surface area contributed by atoms with E-state index in [0.29, 0.717) is 31.1 Å². The first kappa shape index (κ1) is 19.0. The van der Waals surface area contributed by atoms with Crippen molar-refractivity contribution in [2.24, 2.45) is 11.7 Å². The first-order valence-electron chi connectivity index (χ1n) is 9.06. The van der Waals surface area contributed by atoms with E-state index in [4.69, 9.17) is 10.5 Å². The number of hydrogen-bond acceptors (Lipinski definition) is 5. The van der Waals surface area contributed by atoms with Gasteiger partial charge in [0.2, 0.25) is 5.91 Å². The monoisotopic (exact) mass is 368 g/mol. The van der Waals surface area contributed by atoms with Crippen molar-refractivity contribution in [2.45, 2.75) is 25.4 Å². The molecular formula is C20H24N4O3. The lowest BCUT2D eigenvalue weighted by Crippen LogP contribution is -2.46. The number of amides is 2. The molecule has 0 radical (unpaired) electrons. The molecule has 27 heavy (non-hydrogen) atoms. The molecule has 1 atom stereocenters. The molecule has 1 saturated heterocycles. The molecule has 1 aromatic heterocycles. The number of anilines is 1. The number of hydrogen-bond donors (Lipinski definition) is 3. The normalized spacial score (nSPS) is 15.7. The summed E-state index contributed by atoms with van der Waals surface area (Å²) in [5.74, 6) is -0.286. The van der Waals surface area contributed by atoms with Crippen LogP contribution in [0, 0.1) is 5.92 Å². The Morgan fingerprint density at radius 2 is 2.00 bits per heavy atom. The van der Waals surface area contributed by atoms with E-state index in [9.17, 15) is 9.59 Å². The maximum Gasteiger partial charge on any atom is 0.274 e. The SMILES string of the molecule is NC(C(=O)NCc1cccc(NC(=O)c2ccccn2)c1)C1CCOCC1. The molecule has 0 bridgehead atoms. The first-order valence-corrected chi connectivity index (χ1v) is 9.06. The molecule has 3 rings (SSSR count). The Balaban J connectivity index is 1.54. The predicted molar refractivity (Wildman–Crippen MR) is 102 cm³/mol. The van der Waals surface area contributed by atoms with Crippen molar-refractivity contribution in [3.63, 3.8) is 0 Å². The summed E-state index contributed by atoms with van der Waals surface area (Å²) in [5, 5.41) is 5.69. The van der Waals surface area contributed by atoms with Gasteiger partial charge in [0.25, 0.3) is 5.91 Å². The van der Waals surface area contributed by atoms with E-state index in [1.54, 1.807) is 30.5 Å². The highest BCUT2D eigenvalue weighted by Gasteiger charge is 2.26. The molecule has 1 aliphatic rings. The number of ether oxygens (including phenoxy) is 1. The molecule has 1 aromatic carbocycles. The van der Waals surface area contributed by atoms with Crippen molar-refractivity contribution in [1.82, 2.24) is 10.3 Å². The Morgan fingerprint density at radius 3 is 2.74 bits per heavy atom. The summed E-state index contributed by atoms with van der Waals surface area (Å²) in [6.45, 7) is 1.66. The molecule has 0 saturated carbocycles. The van der Waals surface area contributed by atoms with Crippen LogP contribution >= 0.6 is 0 Å². The van der Waals surface area contributed by atoms with E-state index < -0.39 is 6.04 Å². The van der Waals surface area contributed by atoms with Crippen LogP contribution in [0.25, 0.3) is 0 Å². The summed E-state index contributed by atoms with van der Waals surface area (Å²) in [6, 6.07) is 12.0. The number of carbonyl (C=O) groups is 2. The average molecular weight is 368 g/mol. The molecular weight excluding hydrogens is 344 g/mol. The lowest BCUT2D eigenvalue weighted by molar-refractivity contribution is -0.124. The van der Waals surface area contributed by atoms with Crippen LogP contribution in [0.2, 0.25) is 0 Å². The highest BCUT2D eigenvalue weighted by atomic mass is 16.5. The van der Waals surface area contributed by atoms with E-state index in [1.807, 2.05) is 18.2 Å². The fourth-order valence-electron chi connectivity index (χ4n) is 3.05. The van der Waals surface area contributed by atoms with Crippen LogP contribution < -0.4 is 16.4 Å². The molecule has 2 heterocycles. The largest absolute Gasteiger partial charge is 0.381 e. The van der Waals surface area contributed by atoms with Gasteiger partial charge in [0.15, 0.2) is 0 Å². The minimum absolute atomic E-state index is 0.155. The van der Waals surface area contributed by atoms with Crippen LogP contribution in [-0.4, -0.2) is 36.1 Å². The third-order valence-electron chi connectivity index (χ3n) is 4.63. The van der Waals surface area contributed by atoms with Gasteiger partial charge in [-0.15, -0.1) is 0 Å². The number of nitrogens with two attached hydrogens (primary N) is 1. The first-order chi connectivity index (χ1) is 13.1. The number of nitrogens with one attached hydrogen (secondary N) is 2. The molecule has 1 fully saturated rings. The van der Waals surface area contributed by atoms with Crippen LogP contribution in [0.4, 0.5) is 5.69 Å². The minimum atomic E-state index is -0.527. The van der Waals surface area contributed by atoms with E-state index >= 15 is 0 Å². The highest BCUT2D eigenvalue weighted by Crippen LogP contribution is 2.18. The zero-order valence-corrected chi connectivity index (χ0v) is 15.1. The maximum atomic E-state index is 12.3. The Bertz CT molecular complexity index is 776. The molecule has 1 unspecified atom stereocenters. The van der Waals surface area contributed by atoms with E-state index in [2.05, 4.69) is 15.6 Å². The van der Waals surface area contributed by atoms with Crippen molar-refractivity contribution in [3.05, 3.63) is 59.9 Å². The molecule has 2 aromatic rings. The second-order valence-electron chi connectivity index (χ2n) is 6.56. The molecule has 2 amide bonds. The quantitative estimate of drug-likeness (QED) is 0.720. The summed E-state index contributed by atoms with van der Waals surface area (Å²) < 4.78 is 5.31. The van der Waals surface area contributed by atoms with Gasteiger partial charge in [-0.2, -0.15) is 0 Å². The van der Waals surface area contributed by atoms with Gasteiger partial charge in [0.05, 0.1) is 6.04 Å². The van der Waals surface area contributed by atoms with E-state index in [1.165, 1.54) is 0 Å². The zero-order chi connectivity index (χ0) is 19.1. The number of carbonyl (C=O) groups excluding carboxylic acids is 2. The number of pyridine rings is 1. The Hall–Kier alpha value is -2.77. The summed E-state index contributed by atoms with van der Waals surface area (Å²) in [6.07, 6.45) is 3.19. The fourth-order valence-corrected chi connectivity index (χ4v) is 3.05. The Morgan fingerprint density at radius 1 is 1.19 bits per heavy atom. The highest BCUT2D eigenvalue weighted by molar-refractivity contribution is 6.02. The van der Waals surface area contributed by atoms with Crippen molar-refractivity contribution in [2.75, 3.05) is 18.5 Å². The summed E-state index contributed by atoms with van der Waals surface area (Å²) in [7, 11) is 0. The third-order valence-corrected chi connectivity index (χ3v) is 4.63. The van der Waals surface area contributed by atoms with Crippen LogP contribution in [0.1, 0.15) is 28.9 Å². The lowest BCUT2D eigenvalue weighted by atomic mass is 9.92. The molecule has 7 heteroatoms. The molecule has 7 nitrogen and oxygen atoms in total. The Kier molecular flexibility index (Phi) is 6.51. The van der Waals surface area contributed by atoms with Gasteiger partial charge in [-0.3, -0.25) is 14.6 Å². The number of benzene rings is 1. The standard InChI is InChI=1S/C20H24N4O3/c21-18(15-7-10-27-11-8-15)20(26)23-13-14-4-3-5-16(12-14)24-19(25)17-6-1-2-9-22-17/h1-6,9,12,15,18H,7-8,10-11,13,21H2,(H,23,26)(H,24,25). The van der Waals surface area contributed by atoms with Crippen molar-refractivity contribution < 1.29 is 14.3 Å².